The second-order valence-electron chi connectivity index (χ2n) is 7.05. The lowest BCUT2D eigenvalue weighted by Crippen LogP contribution is -2.39. The third-order valence-electron chi connectivity index (χ3n) is 5.40. The van der Waals surface area contributed by atoms with Crippen LogP contribution in [-0.4, -0.2) is 25.7 Å². The van der Waals surface area contributed by atoms with E-state index in [4.69, 9.17) is 9.47 Å². The molecule has 128 valence electrons. The molecular weight excluding hydrogens is 318 g/mol. The first-order valence-corrected chi connectivity index (χ1v) is 9.53. The van der Waals surface area contributed by atoms with Gasteiger partial charge in [-0.15, -0.1) is 11.3 Å². The molecule has 0 amide bonds. The van der Waals surface area contributed by atoms with Crippen LogP contribution < -0.4 is 9.47 Å². The maximum Gasteiger partial charge on any atom is 0.123 e. The molecule has 0 saturated carbocycles. The SMILES string of the molecule is COc1ccc(OC)c2c1C[C@H]1c3cc(C(C)C)sc3CCN1C2. The molecule has 0 unspecified atom stereocenters. The quantitative estimate of drug-likeness (QED) is 0.816. The van der Waals surface area contributed by atoms with Crippen molar-refractivity contribution in [3.63, 3.8) is 0 Å². The molecule has 0 fully saturated rings. The number of methoxy groups -OCH3 is 2. The molecule has 2 aliphatic heterocycles. The van der Waals surface area contributed by atoms with Gasteiger partial charge in [-0.25, -0.2) is 0 Å². The molecule has 0 aliphatic carbocycles. The molecule has 0 radical (unpaired) electrons. The Hall–Kier alpha value is -1.52. The van der Waals surface area contributed by atoms with Gasteiger partial charge in [-0.1, -0.05) is 13.8 Å². The van der Waals surface area contributed by atoms with E-state index in [0.717, 1.165) is 31.0 Å². The predicted molar refractivity (Wildman–Crippen MR) is 98.5 cm³/mol. The van der Waals surface area contributed by atoms with Gasteiger partial charge in [0.2, 0.25) is 0 Å². The van der Waals surface area contributed by atoms with Crippen LogP contribution in [0.1, 0.15) is 52.3 Å². The first kappa shape index (κ1) is 16.0. The van der Waals surface area contributed by atoms with Crippen molar-refractivity contribution in [2.45, 2.75) is 45.2 Å². The fourth-order valence-electron chi connectivity index (χ4n) is 4.08. The predicted octanol–water partition coefficient (Wildman–Crippen LogP) is 4.54. The Bertz CT molecular complexity index is 765. The Kier molecular flexibility index (Phi) is 4.05. The Labute approximate surface area is 148 Å². The molecule has 2 aromatic rings. The molecule has 2 aliphatic rings. The minimum absolute atomic E-state index is 0.478. The number of benzene rings is 1. The second-order valence-corrected chi connectivity index (χ2v) is 8.22. The molecule has 1 aromatic heterocycles. The molecule has 4 heteroatoms. The zero-order valence-corrected chi connectivity index (χ0v) is 15.7. The highest BCUT2D eigenvalue weighted by atomic mass is 32.1. The monoisotopic (exact) mass is 343 g/mol. The van der Waals surface area contributed by atoms with Crippen LogP contribution >= 0.6 is 11.3 Å². The normalized spacial score (nSPS) is 19.6. The summed E-state index contributed by atoms with van der Waals surface area (Å²) in [6.07, 6.45) is 2.18. The van der Waals surface area contributed by atoms with E-state index in [1.54, 1.807) is 24.7 Å². The number of fused-ring (bicyclic) bond motifs is 4. The molecule has 3 nitrogen and oxygen atoms in total. The number of ether oxygens (including phenoxy) is 2. The first-order chi connectivity index (χ1) is 11.6. The fourth-order valence-corrected chi connectivity index (χ4v) is 5.29. The van der Waals surface area contributed by atoms with Gasteiger partial charge in [-0.05, 0) is 42.5 Å². The van der Waals surface area contributed by atoms with Crippen LogP contribution in [-0.2, 0) is 19.4 Å². The minimum atomic E-state index is 0.478. The molecule has 1 atom stereocenters. The number of nitrogens with zero attached hydrogens (tertiary/aromatic N) is 1. The van der Waals surface area contributed by atoms with Crippen molar-refractivity contribution in [1.82, 2.24) is 4.90 Å². The van der Waals surface area contributed by atoms with Crippen LogP contribution in [0.5, 0.6) is 11.5 Å². The molecule has 3 heterocycles. The van der Waals surface area contributed by atoms with Crippen molar-refractivity contribution in [2.24, 2.45) is 0 Å². The van der Waals surface area contributed by atoms with Crippen molar-refractivity contribution < 1.29 is 9.47 Å². The Balaban J connectivity index is 1.77. The standard InChI is InChI=1S/C20H25NO2S/c1-12(2)20-10-14-16-9-13-15(11-21(16)8-7-19(14)24-20)18(23-4)6-5-17(13)22-3/h5-6,10,12,16H,7-9,11H2,1-4H3/t16-/m0/s1. The third kappa shape index (κ3) is 2.44. The van der Waals surface area contributed by atoms with Crippen LogP contribution in [0.4, 0.5) is 0 Å². The Morgan fingerprint density at radius 2 is 1.83 bits per heavy atom. The zero-order chi connectivity index (χ0) is 16.8. The molecule has 24 heavy (non-hydrogen) atoms. The average molecular weight is 343 g/mol. The average Bonchev–Trinajstić information content (AvgIpc) is 3.04. The largest absolute Gasteiger partial charge is 0.496 e. The molecular formula is C20H25NO2S. The van der Waals surface area contributed by atoms with Crippen LogP contribution in [0, 0.1) is 0 Å². The summed E-state index contributed by atoms with van der Waals surface area (Å²) in [4.78, 5) is 5.72. The zero-order valence-electron chi connectivity index (χ0n) is 14.9. The van der Waals surface area contributed by atoms with E-state index in [2.05, 4.69) is 24.8 Å². The minimum Gasteiger partial charge on any atom is -0.496 e. The van der Waals surface area contributed by atoms with E-state index in [9.17, 15) is 0 Å². The summed E-state index contributed by atoms with van der Waals surface area (Å²) in [7, 11) is 3.53. The van der Waals surface area contributed by atoms with Gasteiger partial charge in [-0.2, -0.15) is 0 Å². The maximum absolute atomic E-state index is 5.65. The maximum atomic E-state index is 5.65. The summed E-state index contributed by atoms with van der Waals surface area (Å²) in [5.41, 5.74) is 4.17. The van der Waals surface area contributed by atoms with Crippen LogP contribution in [0.15, 0.2) is 18.2 Å². The summed E-state index contributed by atoms with van der Waals surface area (Å²) in [6, 6.07) is 7.02. The summed E-state index contributed by atoms with van der Waals surface area (Å²) < 4.78 is 11.3. The Morgan fingerprint density at radius 1 is 1.12 bits per heavy atom. The van der Waals surface area contributed by atoms with Crippen molar-refractivity contribution in [3.05, 3.63) is 44.6 Å². The molecule has 0 N–H and O–H groups in total. The summed E-state index contributed by atoms with van der Waals surface area (Å²) in [5.74, 6) is 2.60. The van der Waals surface area contributed by atoms with E-state index in [0.29, 0.717) is 12.0 Å². The van der Waals surface area contributed by atoms with Gasteiger partial charge < -0.3 is 9.47 Å². The highest BCUT2D eigenvalue weighted by Crippen LogP contribution is 2.46. The van der Waals surface area contributed by atoms with Gasteiger partial charge in [-0.3, -0.25) is 4.90 Å². The summed E-state index contributed by atoms with van der Waals surface area (Å²) in [5, 5.41) is 0. The van der Waals surface area contributed by atoms with Crippen molar-refractivity contribution >= 4 is 11.3 Å². The number of hydrogen-bond acceptors (Lipinski definition) is 4. The number of rotatable bonds is 3. The van der Waals surface area contributed by atoms with E-state index >= 15 is 0 Å². The van der Waals surface area contributed by atoms with E-state index in [1.807, 2.05) is 23.5 Å². The van der Waals surface area contributed by atoms with Crippen molar-refractivity contribution in [3.8, 4) is 11.5 Å². The molecule has 0 saturated heterocycles. The molecule has 0 bridgehead atoms. The highest BCUT2D eigenvalue weighted by molar-refractivity contribution is 7.12. The third-order valence-corrected chi connectivity index (χ3v) is 6.91. The first-order valence-electron chi connectivity index (χ1n) is 8.71. The highest BCUT2D eigenvalue weighted by Gasteiger charge is 2.36. The molecule has 1 aromatic carbocycles. The smallest absolute Gasteiger partial charge is 0.123 e. The van der Waals surface area contributed by atoms with Gasteiger partial charge in [0.05, 0.1) is 14.2 Å². The number of hydrogen-bond donors (Lipinski definition) is 0. The summed E-state index contributed by atoms with van der Waals surface area (Å²) in [6.45, 7) is 6.67. The Morgan fingerprint density at radius 3 is 2.50 bits per heavy atom. The van der Waals surface area contributed by atoms with Crippen LogP contribution in [0.25, 0.3) is 0 Å². The van der Waals surface area contributed by atoms with Gasteiger partial charge in [0.15, 0.2) is 0 Å². The van der Waals surface area contributed by atoms with Gasteiger partial charge >= 0.3 is 0 Å². The lowest BCUT2D eigenvalue weighted by atomic mass is 9.86. The topological polar surface area (TPSA) is 21.7 Å². The van der Waals surface area contributed by atoms with Gasteiger partial charge in [0.1, 0.15) is 11.5 Å². The number of thiophene rings is 1. The van der Waals surface area contributed by atoms with E-state index in [1.165, 1.54) is 22.4 Å². The lowest BCUT2D eigenvalue weighted by Gasteiger charge is -2.41. The second kappa shape index (κ2) is 6.08. The van der Waals surface area contributed by atoms with Crippen molar-refractivity contribution in [2.75, 3.05) is 20.8 Å². The lowest BCUT2D eigenvalue weighted by molar-refractivity contribution is 0.158. The van der Waals surface area contributed by atoms with Crippen LogP contribution in [0.2, 0.25) is 0 Å². The fraction of sp³-hybridized carbons (Fsp3) is 0.500. The van der Waals surface area contributed by atoms with Crippen molar-refractivity contribution in [1.29, 1.82) is 0 Å². The summed E-state index contributed by atoms with van der Waals surface area (Å²) >= 11 is 2.02. The molecule has 0 spiro atoms. The van der Waals surface area contributed by atoms with Gasteiger partial charge in [0.25, 0.3) is 0 Å². The van der Waals surface area contributed by atoms with Crippen LogP contribution in [0.3, 0.4) is 0 Å². The van der Waals surface area contributed by atoms with E-state index < -0.39 is 0 Å². The van der Waals surface area contributed by atoms with E-state index in [-0.39, 0.29) is 0 Å². The molecule has 4 rings (SSSR count). The van der Waals surface area contributed by atoms with Gasteiger partial charge in [0, 0.05) is 40.0 Å².